The predicted octanol–water partition coefficient (Wildman–Crippen LogP) is 5.34. The van der Waals surface area contributed by atoms with Crippen molar-refractivity contribution in [2.75, 3.05) is 6.61 Å². The van der Waals surface area contributed by atoms with Crippen molar-refractivity contribution in [3.8, 4) is 23.0 Å². The molecule has 0 spiro atoms. The summed E-state index contributed by atoms with van der Waals surface area (Å²) in [7, 11) is 0. The van der Waals surface area contributed by atoms with Gasteiger partial charge in [-0.1, -0.05) is 26.0 Å². The summed E-state index contributed by atoms with van der Waals surface area (Å²) in [6, 6.07) is 15.6. The molecule has 2 atom stereocenters. The number of aryl methyl sites for hydroxylation is 1. The summed E-state index contributed by atoms with van der Waals surface area (Å²) in [4.78, 5) is 42.0. The smallest absolute Gasteiger partial charge is 0.352 e. The van der Waals surface area contributed by atoms with E-state index in [0.29, 0.717) is 52.7 Å². The van der Waals surface area contributed by atoms with Gasteiger partial charge < -0.3 is 23.9 Å². The lowest BCUT2D eigenvalue weighted by Gasteiger charge is -2.45. The van der Waals surface area contributed by atoms with Crippen molar-refractivity contribution in [3.63, 3.8) is 0 Å². The maximum absolute atomic E-state index is 12.5. The highest BCUT2D eigenvalue weighted by atomic mass is 16.5. The molecule has 2 aromatic carbocycles. The highest BCUT2D eigenvalue weighted by molar-refractivity contribution is 6.00. The van der Waals surface area contributed by atoms with E-state index in [-0.39, 0.29) is 41.5 Å². The van der Waals surface area contributed by atoms with Crippen LogP contribution >= 0.6 is 0 Å². The Hall–Kier alpha value is -4.92. The molecule has 2 aromatic rings. The maximum atomic E-state index is 12.5. The van der Waals surface area contributed by atoms with E-state index in [2.05, 4.69) is 4.98 Å². The number of aromatic nitrogens is 1. The van der Waals surface area contributed by atoms with Gasteiger partial charge in [-0.25, -0.2) is 9.78 Å². The molecule has 42 heavy (non-hydrogen) atoms. The summed E-state index contributed by atoms with van der Waals surface area (Å²) in [6.45, 7) is 6.52. The molecule has 1 fully saturated rings. The summed E-state index contributed by atoms with van der Waals surface area (Å²) in [6.07, 6.45) is 4.09. The summed E-state index contributed by atoms with van der Waals surface area (Å²) >= 11 is 0. The number of amides is 1. The fourth-order valence-electron chi connectivity index (χ4n) is 5.79. The van der Waals surface area contributed by atoms with E-state index in [1.165, 1.54) is 17.0 Å². The minimum Gasteiger partial charge on any atom is -0.489 e. The van der Waals surface area contributed by atoms with Gasteiger partial charge in [0.1, 0.15) is 41.6 Å². The lowest BCUT2D eigenvalue weighted by Crippen LogP contribution is -2.60. The molecule has 0 aromatic heterocycles. The lowest BCUT2D eigenvalue weighted by molar-refractivity contribution is -0.157. The number of nitrogens with zero attached hydrogens (tertiary/aromatic N) is 2. The van der Waals surface area contributed by atoms with E-state index in [1.807, 2.05) is 51.1 Å². The zero-order valence-corrected chi connectivity index (χ0v) is 23.5. The molecule has 0 radical (unpaired) electrons. The van der Waals surface area contributed by atoms with E-state index in [0.717, 1.165) is 11.1 Å². The second kappa shape index (κ2) is 10.8. The predicted molar refractivity (Wildman–Crippen MR) is 155 cm³/mol. The number of benzene rings is 3. The highest BCUT2D eigenvalue weighted by Crippen LogP contribution is 2.45. The first-order valence-electron chi connectivity index (χ1n) is 13.9. The van der Waals surface area contributed by atoms with Crippen LogP contribution in [0.25, 0.3) is 22.6 Å². The van der Waals surface area contributed by atoms with Crippen molar-refractivity contribution in [2.45, 2.75) is 39.8 Å². The standard InChI is InChI=1S/C33H30N2O7/c1-18(2)30-26-14-21(31(33(38)39)35(26)32(30)37)5-4-12-40-27-11-6-20(13-19(27)3)17-41-23-8-10-25-29(16-23)42-28-15-22(36)7-9-24(28)34-25/h4-11,13,15-16,18,26,30H,12,14,17H2,1-3H3,(H,38,39)/b5-4+/t26-,30-/m1/s1. The monoisotopic (exact) mass is 566 g/mol. The number of hydrogen-bond donors (Lipinski definition) is 1. The lowest BCUT2D eigenvalue weighted by atomic mass is 9.79. The van der Waals surface area contributed by atoms with Gasteiger partial charge in [0.05, 0.1) is 12.0 Å². The average Bonchev–Trinajstić information content (AvgIpc) is 3.27. The fourth-order valence-corrected chi connectivity index (χ4v) is 5.79. The maximum Gasteiger partial charge on any atom is 0.352 e. The zero-order valence-electron chi connectivity index (χ0n) is 23.5. The molecule has 3 aliphatic heterocycles. The number of β-lactam (4-membered cyclic amide) rings is 1. The van der Waals surface area contributed by atoms with Crippen LogP contribution in [-0.4, -0.2) is 39.5 Å². The number of ether oxygens (including phenoxy) is 2. The first-order valence-corrected chi connectivity index (χ1v) is 13.9. The summed E-state index contributed by atoms with van der Waals surface area (Å²) < 4.78 is 17.8. The molecule has 0 saturated carbocycles. The van der Waals surface area contributed by atoms with Gasteiger partial charge in [0.15, 0.2) is 16.8 Å². The molecule has 3 heterocycles. The topological polar surface area (TPSA) is 119 Å². The van der Waals surface area contributed by atoms with Gasteiger partial charge in [-0.2, -0.15) is 0 Å². The number of allylic oxidation sites excluding steroid dienone is 1. The van der Waals surface area contributed by atoms with Crippen molar-refractivity contribution >= 4 is 23.0 Å². The Morgan fingerprint density at radius 2 is 1.95 bits per heavy atom. The van der Waals surface area contributed by atoms with Crippen LogP contribution in [0, 0.1) is 18.8 Å². The molecule has 0 bridgehead atoms. The summed E-state index contributed by atoms with van der Waals surface area (Å²) in [5, 5.41) is 9.71. The fraction of sp³-hybridized carbons (Fsp3) is 0.273. The van der Waals surface area contributed by atoms with Gasteiger partial charge >= 0.3 is 5.97 Å². The third kappa shape index (κ3) is 5.02. The highest BCUT2D eigenvalue weighted by Gasteiger charge is 2.55. The first-order chi connectivity index (χ1) is 20.2. The zero-order chi connectivity index (χ0) is 29.5. The Morgan fingerprint density at radius 1 is 1.12 bits per heavy atom. The van der Waals surface area contributed by atoms with Crippen molar-refractivity contribution in [1.29, 1.82) is 0 Å². The van der Waals surface area contributed by atoms with Crippen molar-refractivity contribution in [3.05, 3.63) is 99.4 Å². The minimum atomic E-state index is -1.08. The molecule has 1 amide bonds. The van der Waals surface area contributed by atoms with Gasteiger partial charge in [0, 0.05) is 12.1 Å². The van der Waals surface area contributed by atoms with Crippen LogP contribution in [0.2, 0.25) is 0 Å². The number of rotatable bonds is 9. The first kappa shape index (κ1) is 27.3. The minimum absolute atomic E-state index is 0.0752. The number of carbonyl (C=O) groups excluding carboxylic acids is 1. The van der Waals surface area contributed by atoms with E-state index < -0.39 is 5.97 Å². The molecule has 9 nitrogen and oxygen atoms in total. The second-order valence-electron chi connectivity index (χ2n) is 11.0. The molecular weight excluding hydrogens is 536 g/mol. The van der Waals surface area contributed by atoms with Crippen molar-refractivity contribution in [1.82, 2.24) is 9.88 Å². The number of fused-ring (bicyclic) bond motifs is 3. The Labute approximate surface area is 242 Å². The Morgan fingerprint density at radius 3 is 2.71 bits per heavy atom. The molecule has 4 aliphatic rings. The summed E-state index contributed by atoms with van der Waals surface area (Å²) in [5.41, 5.74) is 4.29. The van der Waals surface area contributed by atoms with Crippen LogP contribution in [0.3, 0.4) is 0 Å². The van der Waals surface area contributed by atoms with E-state index in [9.17, 15) is 19.5 Å². The van der Waals surface area contributed by atoms with Crippen LogP contribution in [0.5, 0.6) is 11.5 Å². The van der Waals surface area contributed by atoms with Crippen LogP contribution < -0.4 is 14.9 Å². The van der Waals surface area contributed by atoms with Crippen LogP contribution in [0.1, 0.15) is 31.4 Å². The van der Waals surface area contributed by atoms with Gasteiger partial charge in [0.25, 0.3) is 0 Å². The molecule has 1 aliphatic carbocycles. The molecule has 1 saturated heterocycles. The Bertz CT molecular complexity index is 1800. The number of aliphatic carboxylic acids is 1. The van der Waals surface area contributed by atoms with Crippen molar-refractivity contribution in [2.24, 2.45) is 11.8 Å². The van der Waals surface area contributed by atoms with E-state index >= 15 is 0 Å². The molecule has 214 valence electrons. The van der Waals surface area contributed by atoms with Crippen LogP contribution in [-0.2, 0) is 16.2 Å². The molecule has 1 N–H and O–H groups in total. The Balaban J connectivity index is 1.07. The van der Waals surface area contributed by atoms with Gasteiger partial charge in [-0.05, 0) is 78.4 Å². The number of hydrogen-bond acceptors (Lipinski definition) is 7. The SMILES string of the molecule is Cc1cc(COc2ccc3nc4ccc(=O)cc-4oc3c2)ccc1OC/C=C/C1=C(C(=O)O)N2C(=O)[C@H](C(C)C)[C@H]2C1. The normalized spacial score (nSPS) is 18.3. The van der Waals surface area contributed by atoms with Gasteiger partial charge in [0.2, 0.25) is 5.91 Å². The molecule has 0 unspecified atom stereocenters. The second-order valence-corrected chi connectivity index (χ2v) is 11.0. The quantitative estimate of drug-likeness (QED) is 0.213. The molecular formula is C33H30N2O7. The largest absolute Gasteiger partial charge is 0.489 e. The van der Waals surface area contributed by atoms with Crippen LogP contribution in [0.15, 0.2) is 87.2 Å². The van der Waals surface area contributed by atoms with Crippen molar-refractivity contribution < 1.29 is 28.6 Å². The third-order valence-electron chi connectivity index (χ3n) is 7.79. The van der Waals surface area contributed by atoms with Gasteiger partial charge in [-0.3, -0.25) is 9.59 Å². The Kier molecular flexibility index (Phi) is 7.02. The number of carbonyl (C=O) groups is 2. The van der Waals surface area contributed by atoms with Crippen LogP contribution in [0.4, 0.5) is 0 Å². The third-order valence-corrected chi connectivity index (χ3v) is 7.79. The summed E-state index contributed by atoms with van der Waals surface area (Å²) in [5.74, 6) is 0.606. The van der Waals surface area contributed by atoms with Gasteiger partial charge in [-0.15, -0.1) is 0 Å². The van der Waals surface area contributed by atoms with E-state index in [4.69, 9.17) is 13.9 Å². The molecule has 6 rings (SSSR count). The molecule has 9 heteroatoms. The van der Waals surface area contributed by atoms with E-state index in [1.54, 1.807) is 24.3 Å². The number of carboxylic acid groups (broad SMARTS) is 1. The average molecular weight is 567 g/mol. The number of carboxylic acids is 1.